The summed E-state index contributed by atoms with van der Waals surface area (Å²) >= 11 is 0. The van der Waals surface area contributed by atoms with Gasteiger partial charge in [0.2, 0.25) is 23.6 Å². The first kappa shape index (κ1) is 35.1. The number of fused-ring (bicyclic) bond motifs is 2. The Morgan fingerprint density at radius 3 is 2.27 bits per heavy atom. The molecule has 266 valence electrons. The van der Waals surface area contributed by atoms with Gasteiger partial charge in [0.25, 0.3) is 11.8 Å². The van der Waals surface area contributed by atoms with Crippen LogP contribution in [0.5, 0.6) is 5.75 Å². The van der Waals surface area contributed by atoms with Crippen molar-refractivity contribution in [2.45, 2.75) is 38.1 Å². The van der Waals surface area contributed by atoms with Crippen molar-refractivity contribution in [1.82, 2.24) is 20.5 Å². The summed E-state index contributed by atoms with van der Waals surface area (Å²) in [7, 11) is 0. The number of unbranched alkanes of at least 4 members (excludes halogenated alkanes) is 2. The molecule has 3 heterocycles. The molecule has 15 heteroatoms. The van der Waals surface area contributed by atoms with E-state index in [2.05, 4.69) is 31.6 Å². The Bertz CT molecular complexity index is 2090. The second-order valence-corrected chi connectivity index (χ2v) is 12.1. The van der Waals surface area contributed by atoms with Gasteiger partial charge in [0, 0.05) is 59.3 Å². The van der Waals surface area contributed by atoms with E-state index in [1.165, 1.54) is 12.1 Å². The fourth-order valence-corrected chi connectivity index (χ4v) is 5.80. The normalized spacial score (nSPS) is 15.4. The molecule has 2 aliphatic rings. The van der Waals surface area contributed by atoms with Gasteiger partial charge in [-0.1, -0.05) is 0 Å². The third kappa shape index (κ3) is 8.50. The Labute approximate surface area is 297 Å². The summed E-state index contributed by atoms with van der Waals surface area (Å²) in [5.41, 5.74) is 2.94. The molecule has 15 nitrogen and oxygen atoms in total. The number of imide groups is 2. The zero-order chi connectivity index (χ0) is 36.6. The molecule has 1 atom stereocenters. The average molecular weight is 706 g/mol. The number of rotatable bonds is 13. The predicted molar refractivity (Wildman–Crippen MR) is 191 cm³/mol. The number of amides is 8. The first-order chi connectivity index (χ1) is 25.1. The molecule has 1 aromatic heterocycles. The highest BCUT2D eigenvalue weighted by atomic mass is 16.5. The number of nitrogens with one attached hydrogen (secondary N) is 6. The van der Waals surface area contributed by atoms with Crippen molar-refractivity contribution in [3.05, 3.63) is 96.2 Å². The fourth-order valence-electron chi connectivity index (χ4n) is 5.80. The van der Waals surface area contributed by atoms with Gasteiger partial charge in [0.15, 0.2) is 0 Å². The third-order valence-corrected chi connectivity index (χ3v) is 8.41. The highest BCUT2D eigenvalue weighted by molar-refractivity contribution is 6.23. The van der Waals surface area contributed by atoms with E-state index in [0.29, 0.717) is 48.8 Å². The van der Waals surface area contributed by atoms with E-state index < -0.39 is 47.5 Å². The van der Waals surface area contributed by atoms with Crippen LogP contribution in [0.25, 0.3) is 10.9 Å². The number of aromatic nitrogens is 1. The van der Waals surface area contributed by atoms with E-state index in [1.54, 1.807) is 36.4 Å². The Morgan fingerprint density at radius 1 is 0.769 bits per heavy atom. The summed E-state index contributed by atoms with van der Waals surface area (Å²) < 4.78 is 5.76. The van der Waals surface area contributed by atoms with Crippen LogP contribution in [-0.4, -0.2) is 70.6 Å². The maximum atomic E-state index is 13.0. The number of piperidine rings is 1. The highest BCUT2D eigenvalue weighted by Crippen LogP contribution is 2.30. The molecular weight excluding hydrogens is 670 g/mol. The van der Waals surface area contributed by atoms with Crippen LogP contribution in [0.3, 0.4) is 0 Å². The lowest BCUT2D eigenvalue weighted by molar-refractivity contribution is -0.136. The second-order valence-electron chi connectivity index (χ2n) is 12.1. The standard InChI is InChI=1S/C37H35N7O8/c45-31(14-15-32(46)40-23-4-6-24(7-5-23)41-37(51)42-25-8-11-29-22(20-25)16-18-38-29)39-17-2-1-3-19-52-26-9-10-27-28(21-26)36(50)44(35(27)49)30-12-13-33(47)43-34(30)48/h4-11,14-16,18,20-21,30,38H,1-3,12-13,17,19H2,(H,39,45)(H,40,46)(H2,41,42,51)(H,43,47,48)/b15-14+. The molecule has 6 rings (SSSR count). The van der Waals surface area contributed by atoms with Crippen molar-refractivity contribution in [2.75, 3.05) is 29.1 Å². The topological polar surface area (TPSA) is 208 Å². The summed E-state index contributed by atoms with van der Waals surface area (Å²) in [6.07, 6.45) is 6.27. The van der Waals surface area contributed by atoms with Crippen LogP contribution in [0.2, 0.25) is 0 Å². The number of anilines is 3. The highest BCUT2D eigenvalue weighted by Gasteiger charge is 2.44. The molecule has 1 fully saturated rings. The summed E-state index contributed by atoms with van der Waals surface area (Å²) in [5, 5.41) is 14.0. The molecule has 1 unspecified atom stereocenters. The van der Waals surface area contributed by atoms with Crippen molar-refractivity contribution in [1.29, 1.82) is 0 Å². The molecule has 0 spiro atoms. The summed E-state index contributed by atoms with van der Waals surface area (Å²) in [6, 6.07) is 17.1. The first-order valence-electron chi connectivity index (χ1n) is 16.6. The van der Waals surface area contributed by atoms with Crippen molar-refractivity contribution in [2.24, 2.45) is 0 Å². The molecule has 0 saturated carbocycles. The first-order valence-corrected chi connectivity index (χ1v) is 16.6. The predicted octanol–water partition coefficient (Wildman–Crippen LogP) is 4.07. The largest absolute Gasteiger partial charge is 0.494 e. The van der Waals surface area contributed by atoms with Gasteiger partial charge in [-0.3, -0.25) is 39.0 Å². The van der Waals surface area contributed by atoms with Crippen molar-refractivity contribution < 1.29 is 38.3 Å². The third-order valence-electron chi connectivity index (χ3n) is 8.41. The van der Waals surface area contributed by atoms with Crippen LogP contribution in [0.4, 0.5) is 21.9 Å². The lowest BCUT2D eigenvalue weighted by atomic mass is 10.0. The Kier molecular flexibility index (Phi) is 10.7. The zero-order valence-corrected chi connectivity index (χ0v) is 27.8. The molecular formula is C37H35N7O8. The van der Waals surface area contributed by atoms with E-state index >= 15 is 0 Å². The monoisotopic (exact) mass is 705 g/mol. The SMILES string of the molecule is O=C(/C=C/C(=O)Nc1ccc(NC(=O)Nc2ccc3[nH]ccc3c2)cc1)NCCCCCOc1ccc2c(c1)C(=O)N(C1CCC(=O)NC1=O)C2=O. The number of carbonyl (C=O) groups excluding carboxylic acids is 7. The number of H-pyrrole nitrogens is 1. The van der Waals surface area contributed by atoms with E-state index in [0.717, 1.165) is 34.4 Å². The van der Waals surface area contributed by atoms with E-state index in [9.17, 15) is 33.6 Å². The van der Waals surface area contributed by atoms with E-state index in [-0.39, 0.29) is 24.0 Å². The van der Waals surface area contributed by atoms with Crippen LogP contribution in [0.1, 0.15) is 52.8 Å². The maximum Gasteiger partial charge on any atom is 0.323 e. The quantitative estimate of drug-likeness (QED) is 0.0677. The minimum absolute atomic E-state index is 0.0455. The van der Waals surface area contributed by atoms with Crippen molar-refractivity contribution in [3.8, 4) is 5.75 Å². The zero-order valence-electron chi connectivity index (χ0n) is 27.8. The molecule has 0 aliphatic carbocycles. The van der Waals surface area contributed by atoms with Gasteiger partial charge in [-0.15, -0.1) is 0 Å². The summed E-state index contributed by atoms with van der Waals surface area (Å²) in [5.74, 6) is -2.80. The number of hydrogen-bond donors (Lipinski definition) is 6. The molecule has 3 aromatic carbocycles. The summed E-state index contributed by atoms with van der Waals surface area (Å²) in [6.45, 7) is 0.723. The Hall–Kier alpha value is -6.77. The van der Waals surface area contributed by atoms with Crippen LogP contribution in [0.15, 0.2) is 85.1 Å². The Morgan fingerprint density at radius 2 is 1.48 bits per heavy atom. The van der Waals surface area contributed by atoms with Gasteiger partial charge in [0.05, 0.1) is 17.7 Å². The number of carbonyl (C=O) groups is 7. The number of benzene rings is 3. The van der Waals surface area contributed by atoms with Gasteiger partial charge >= 0.3 is 6.03 Å². The molecule has 4 aromatic rings. The second kappa shape index (κ2) is 15.8. The molecule has 6 N–H and O–H groups in total. The smallest absolute Gasteiger partial charge is 0.323 e. The van der Waals surface area contributed by atoms with Crippen LogP contribution in [0, 0.1) is 0 Å². The number of ether oxygens (including phenoxy) is 1. The number of urea groups is 1. The van der Waals surface area contributed by atoms with Crippen molar-refractivity contribution in [3.63, 3.8) is 0 Å². The van der Waals surface area contributed by atoms with Crippen LogP contribution in [-0.2, 0) is 19.2 Å². The van der Waals surface area contributed by atoms with Gasteiger partial charge in [-0.05, 0) is 92.4 Å². The number of aromatic amines is 1. The van der Waals surface area contributed by atoms with E-state index in [1.807, 2.05) is 24.4 Å². The van der Waals surface area contributed by atoms with Crippen LogP contribution < -0.4 is 31.3 Å². The number of nitrogens with zero attached hydrogens (tertiary/aromatic N) is 1. The molecule has 52 heavy (non-hydrogen) atoms. The van der Waals surface area contributed by atoms with Crippen LogP contribution >= 0.6 is 0 Å². The minimum Gasteiger partial charge on any atom is -0.494 e. The van der Waals surface area contributed by atoms with Crippen molar-refractivity contribution >= 4 is 69.4 Å². The van der Waals surface area contributed by atoms with Gasteiger partial charge < -0.3 is 31.0 Å². The molecule has 0 radical (unpaired) electrons. The molecule has 8 amide bonds. The number of hydrogen-bond acceptors (Lipinski definition) is 8. The van der Waals surface area contributed by atoms with Gasteiger partial charge in [-0.25, -0.2) is 4.79 Å². The maximum absolute atomic E-state index is 13.0. The van der Waals surface area contributed by atoms with Gasteiger partial charge in [0.1, 0.15) is 11.8 Å². The van der Waals surface area contributed by atoms with E-state index in [4.69, 9.17) is 4.74 Å². The molecule has 1 saturated heterocycles. The summed E-state index contributed by atoms with van der Waals surface area (Å²) in [4.78, 5) is 90.3. The fraction of sp³-hybridized carbons (Fsp3) is 0.216. The minimum atomic E-state index is -1.03. The Balaban J connectivity index is 0.846. The lowest BCUT2D eigenvalue weighted by Gasteiger charge is -2.27. The lowest BCUT2D eigenvalue weighted by Crippen LogP contribution is -2.54. The molecule has 0 bridgehead atoms. The molecule has 2 aliphatic heterocycles. The average Bonchev–Trinajstić information content (AvgIpc) is 3.69. The van der Waals surface area contributed by atoms with Gasteiger partial charge in [-0.2, -0.15) is 0 Å².